The highest BCUT2D eigenvalue weighted by atomic mass is 16.3. The zero-order valence-corrected chi connectivity index (χ0v) is 67.4. The number of hydrogen-bond acceptors (Lipinski definition) is 2. The molecule has 26 rings (SSSR count). The highest BCUT2D eigenvalue weighted by Crippen LogP contribution is 2.54. The Morgan fingerprint density at radius 1 is 0.129 bits per heavy atom. The van der Waals surface area contributed by atoms with Gasteiger partial charge in [0.15, 0.2) is 0 Å². The van der Waals surface area contributed by atoms with Gasteiger partial charge in [0.1, 0.15) is 22.3 Å². The minimum atomic E-state index is 0.895. The van der Waals surface area contributed by atoms with Crippen LogP contribution in [0.25, 0.3) is 255 Å². The number of hydrogen-bond donors (Lipinski definition) is 0. The summed E-state index contributed by atoms with van der Waals surface area (Å²) >= 11 is 0. The van der Waals surface area contributed by atoms with Gasteiger partial charge in [-0.15, -0.1) is 0 Å². The van der Waals surface area contributed by atoms with Gasteiger partial charge in [-0.1, -0.05) is 309 Å². The summed E-state index contributed by atoms with van der Waals surface area (Å²) < 4.78 is 17.4. The third-order valence-corrected chi connectivity index (χ3v) is 25.9. The van der Waals surface area contributed by atoms with E-state index in [1.54, 1.807) is 0 Å². The molecule has 0 unspecified atom stereocenters. The quantitative estimate of drug-likeness (QED) is 0.152. The minimum absolute atomic E-state index is 0.895. The van der Waals surface area contributed by atoms with Gasteiger partial charge in [0.05, 0.1) is 22.1 Å². The third-order valence-electron chi connectivity index (χ3n) is 25.9. The molecule has 124 heavy (non-hydrogen) atoms. The van der Waals surface area contributed by atoms with Crippen molar-refractivity contribution >= 4 is 87.5 Å². The smallest absolute Gasteiger partial charge is 0.135 e. The number of fused-ring (bicyclic) bond motifs is 28. The Kier molecular flexibility index (Phi) is 16.3. The SMILES string of the molecule is c1ccc(-n2c3ccccc3c3cc(-c4cc(-c5ccc6c(c5)-c5ccccc5-c5ccccc5-c5ccccc5-6)cc(-c5ccc6oc7ccccc7c6c5)c4)ccc32)cc1.c1ccc(-n2c3ccccc3c3cc(-c4cc(-c5ccc6oc7ccccc7c6c5)cc(-c5cccc6c5-c5ccccc5-c5ccccc5-c5ccccc5-6)c4)ccc32)cc1. The molecule has 0 aliphatic heterocycles. The number of rotatable bonds is 8. The van der Waals surface area contributed by atoms with Crippen LogP contribution in [0.1, 0.15) is 0 Å². The average Bonchev–Trinajstić information content (AvgIpc) is 1.10. The van der Waals surface area contributed by atoms with E-state index in [9.17, 15) is 0 Å². The van der Waals surface area contributed by atoms with Crippen LogP contribution >= 0.6 is 0 Å². The van der Waals surface area contributed by atoms with Gasteiger partial charge in [-0.3, -0.25) is 0 Å². The zero-order valence-electron chi connectivity index (χ0n) is 67.4. The molecule has 4 aromatic heterocycles. The lowest BCUT2D eigenvalue weighted by molar-refractivity contribution is 0.668. The summed E-state index contributed by atoms with van der Waals surface area (Å²) in [6.07, 6.45) is 0. The van der Waals surface area contributed by atoms with Crippen molar-refractivity contribution < 1.29 is 8.83 Å². The summed E-state index contributed by atoms with van der Waals surface area (Å²) in [5.74, 6) is 0. The van der Waals surface area contributed by atoms with E-state index >= 15 is 0 Å². The van der Waals surface area contributed by atoms with E-state index < -0.39 is 0 Å². The lowest BCUT2D eigenvalue weighted by Gasteiger charge is -2.25. The number of para-hydroxylation sites is 6. The van der Waals surface area contributed by atoms with Crippen LogP contribution in [0.15, 0.2) is 458 Å². The van der Waals surface area contributed by atoms with Crippen molar-refractivity contribution in [2.45, 2.75) is 0 Å². The van der Waals surface area contributed by atoms with E-state index in [4.69, 9.17) is 8.83 Å². The standard InChI is InChI=1S/2C60H37NO/c1-2-15-43(16-3-1)61-56-27-12-10-22-50(56)54-36-38(29-31-57(54)61)40-33-41(39-30-32-59-55(37-39)51-23-11-13-28-58(51)62-59)35-42(34-40)44-25-14-26-53-49-20-7-6-19-47(49)45-17-4-5-18-46(45)48-21-8-9-24-52(48)60(44)53;1-2-14-44(15-3-1)61-57-24-12-10-22-52(57)55-36-39(27-30-58(55)61)42-32-41(33-43(34-42)40-28-31-60-56(37-40)53-23-11-13-25-59(53)62-60)38-26-29-51-49-20-7-6-18-47(49)45-16-4-5-17-46(45)48-19-8-9-21-50(48)54(51)35-38/h2*1-37H. The molecule has 2 aliphatic carbocycles. The highest BCUT2D eigenvalue weighted by Gasteiger charge is 2.28. The predicted octanol–water partition coefficient (Wildman–Crippen LogP) is 33.3. The Balaban J connectivity index is 0.000000136. The first-order chi connectivity index (χ1) is 61.5. The van der Waals surface area contributed by atoms with Gasteiger partial charge in [-0.2, -0.15) is 0 Å². The Morgan fingerprint density at radius 3 is 0.815 bits per heavy atom. The van der Waals surface area contributed by atoms with Gasteiger partial charge in [-0.05, 0) is 295 Å². The number of benzene rings is 20. The van der Waals surface area contributed by atoms with Crippen LogP contribution in [-0.2, 0) is 0 Å². The summed E-state index contributed by atoms with van der Waals surface area (Å²) in [6.45, 7) is 0. The molecule has 0 spiro atoms. The normalized spacial score (nSPS) is 11.9. The van der Waals surface area contributed by atoms with E-state index in [0.29, 0.717) is 0 Å². The van der Waals surface area contributed by atoms with Crippen molar-refractivity contribution in [3.05, 3.63) is 449 Å². The Hall–Kier alpha value is -16.4. The maximum atomic E-state index is 6.31. The monoisotopic (exact) mass is 1570 g/mol. The molecule has 0 saturated carbocycles. The van der Waals surface area contributed by atoms with Gasteiger partial charge in [0.25, 0.3) is 0 Å². The second-order valence-electron chi connectivity index (χ2n) is 32.8. The first-order valence-corrected chi connectivity index (χ1v) is 42.7. The van der Waals surface area contributed by atoms with Crippen LogP contribution in [0, 0.1) is 0 Å². The Labute approximate surface area is 716 Å². The molecule has 0 N–H and O–H groups in total. The van der Waals surface area contributed by atoms with Crippen molar-refractivity contribution in [2.24, 2.45) is 0 Å². The second kappa shape index (κ2) is 28.7. The van der Waals surface area contributed by atoms with Crippen molar-refractivity contribution in [3.8, 4) is 167 Å². The van der Waals surface area contributed by atoms with Crippen molar-refractivity contribution in [2.75, 3.05) is 0 Å². The fourth-order valence-corrected chi connectivity index (χ4v) is 20.3. The van der Waals surface area contributed by atoms with Crippen LogP contribution in [0.2, 0.25) is 0 Å². The lowest BCUT2D eigenvalue weighted by Crippen LogP contribution is -1.99. The van der Waals surface area contributed by atoms with Crippen molar-refractivity contribution in [1.82, 2.24) is 9.13 Å². The molecule has 4 heteroatoms. The largest absolute Gasteiger partial charge is 0.456 e. The molecule has 20 aromatic carbocycles. The molecular formula is C120H74N2O2. The molecule has 0 atom stereocenters. The topological polar surface area (TPSA) is 36.1 Å². The first-order valence-electron chi connectivity index (χ1n) is 42.7. The first kappa shape index (κ1) is 70.6. The fourth-order valence-electron chi connectivity index (χ4n) is 20.3. The number of aromatic nitrogens is 2. The summed E-state index contributed by atoms with van der Waals surface area (Å²) in [7, 11) is 0. The second-order valence-corrected chi connectivity index (χ2v) is 32.8. The minimum Gasteiger partial charge on any atom is -0.456 e. The molecule has 4 heterocycles. The molecule has 0 saturated heterocycles. The van der Waals surface area contributed by atoms with Crippen LogP contribution in [0.4, 0.5) is 0 Å². The summed E-state index contributed by atoms with van der Waals surface area (Å²) in [4.78, 5) is 0. The number of furan rings is 2. The van der Waals surface area contributed by atoms with Crippen molar-refractivity contribution in [3.63, 3.8) is 0 Å². The molecule has 4 nitrogen and oxygen atoms in total. The molecule has 2 aliphatic rings. The van der Waals surface area contributed by atoms with E-state index in [1.165, 1.54) is 166 Å². The van der Waals surface area contributed by atoms with Crippen LogP contribution in [0.3, 0.4) is 0 Å². The van der Waals surface area contributed by atoms with E-state index in [2.05, 4.69) is 440 Å². The number of nitrogens with zero attached hydrogens (tertiary/aromatic N) is 2. The molecule has 24 aromatic rings. The average molecular weight is 1580 g/mol. The summed E-state index contributed by atoms with van der Waals surface area (Å²) in [6, 6.07) is 164. The highest BCUT2D eigenvalue weighted by molar-refractivity contribution is 6.15. The molecular weight excluding hydrogens is 1500 g/mol. The Bertz CT molecular complexity index is 8430. The molecule has 0 amide bonds. The maximum absolute atomic E-state index is 6.31. The lowest BCUT2D eigenvalue weighted by atomic mass is 9.78. The fraction of sp³-hybridized carbons (Fsp3) is 0. The van der Waals surface area contributed by atoms with Gasteiger partial charge in [-0.25, -0.2) is 0 Å². The maximum Gasteiger partial charge on any atom is 0.135 e. The van der Waals surface area contributed by atoms with E-state index in [-0.39, 0.29) is 0 Å². The van der Waals surface area contributed by atoms with E-state index in [0.717, 1.165) is 88.6 Å². The Morgan fingerprint density at radius 2 is 0.395 bits per heavy atom. The summed E-state index contributed by atoms with van der Waals surface area (Å²) in [5.41, 5.74) is 44.5. The summed E-state index contributed by atoms with van der Waals surface area (Å²) in [5, 5.41) is 9.44. The molecule has 576 valence electrons. The predicted molar refractivity (Wildman–Crippen MR) is 519 cm³/mol. The van der Waals surface area contributed by atoms with E-state index in [1.807, 2.05) is 18.2 Å². The van der Waals surface area contributed by atoms with Gasteiger partial charge >= 0.3 is 0 Å². The molecule has 0 bridgehead atoms. The zero-order chi connectivity index (χ0) is 81.5. The van der Waals surface area contributed by atoms with Gasteiger partial charge in [0, 0.05) is 54.5 Å². The van der Waals surface area contributed by atoms with Gasteiger partial charge in [0.2, 0.25) is 0 Å². The van der Waals surface area contributed by atoms with Crippen LogP contribution in [0.5, 0.6) is 0 Å². The van der Waals surface area contributed by atoms with Gasteiger partial charge < -0.3 is 18.0 Å². The molecule has 0 radical (unpaired) electrons. The molecule has 0 fully saturated rings. The van der Waals surface area contributed by atoms with Crippen LogP contribution < -0.4 is 0 Å². The van der Waals surface area contributed by atoms with Crippen molar-refractivity contribution in [1.29, 1.82) is 0 Å². The van der Waals surface area contributed by atoms with Crippen LogP contribution in [-0.4, -0.2) is 9.13 Å². The third kappa shape index (κ3) is 11.5.